The number of nitrogens with zero attached hydrogens (tertiary/aromatic N) is 2. The predicted molar refractivity (Wildman–Crippen MR) is 184 cm³/mol. The van der Waals surface area contributed by atoms with Crippen molar-refractivity contribution in [1.82, 2.24) is 4.90 Å². The summed E-state index contributed by atoms with van der Waals surface area (Å²) in [5, 5.41) is 0. The molecule has 1 atom stereocenters. The van der Waals surface area contributed by atoms with Gasteiger partial charge in [0.2, 0.25) is 0 Å². The minimum atomic E-state index is -0.496. The minimum Gasteiger partial charge on any atom is -0.444 e. The van der Waals surface area contributed by atoms with Gasteiger partial charge in [-0.15, -0.1) is 0 Å². The highest BCUT2D eigenvalue weighted by Gasteiger charge is 2.48. The standard InChI is InChI=1S/C39H47BN2O2/c1-37(2,3)44-36(43)42-18-8-9-35(42)34-22-29-20-26(13-17-33(29)41-34)25-12-15-31-27(19-25)10-11-28-21-30(14-16-32(28)31)40-23-38(4,5)39(6,7)24-40/h12-17,19-21,35H,8-11,18,22-24H2,1-7H3/t35-/m0/s1. The molecular formula is C39H47BN2O2. The first kappa shape index (κ1) is 29.4. The molecule has 0 N–H and O–H groups in total. The van der Waals surface area contributed by atoms with E-state index in [-0.39, 0.29) is 12.1 Å². The quantitative estimate of drug-likeness (QED) is 0.288. The summed E-state index contributed by atoms with van der Waals surface area (Å²) in [7, 11) is 0. The molecule has 2 saturated heterocycles. The number of rotatable bonds is 3. The van der Waals surface area contributed by atoms with Crippen molar-refractivity contribution in [1.29, 1.82) is 0 Å². The van der Waals surface area contributed by atoms with E-state index in [1.54, 1.807) is 0 Å². The normalized spacial score (nSPS) is 21.5. The van der Waals surface area contributed by atoms with Gasteiger partial charge in [0.1, 0.15) is 5.60 Å². The first-order valence-electron chi connectivity index (χ1n) is 16.7. The topological polar surface area (TPSA) is 41.9 Å². The molecule has 0 radical (unpaired) electrons. The Labute approximate surface area is 264 Å². The molecule has 5 heteroatoms. The molecule has 4 nitrogen and oxygen atoms in total. The number of carbonyl (C=O) groups excluding carboxylic acids is 1. The van der Waals surface area contributed by atoms with Crippen molar-refractivity contribution in [3.63, 3.8) is 0 Å². The molecule has 4 aliphatic rings. The molecule has 0 spiro atoms. The number of carbonyl (C=O) groups is 1. The van der Waals surface area contributed by atoms with Crippen LogP contribution in [0.3, 0.4) is 0 Å². The maximum absolute atomic E-state index is 12.9. The van der Waals surface area contributed by atoms with Gasteiger partial charge in [-0.1, -0.05) is 88.3 Å². The van der Waals surface area contributed by atoms with Gasteiger partial charge >= 0.3 is 6.09 Å². The Morgan fingerprint density at radius 1 is 0.864 bits per heavy atom. The summed E-state index contributed by atoms with van der Waals surface area (Å²) < 4.78 is 5.71. The van der Waals surface area contributed by atoms with Crippen LogP contribution in [0.2, 0.25) is 12.6 Å². The number of fused-ring (bicyclic) bond motifs is 4. The Hall–Kier alpha value is -3.34. The van der Waals surface area contributed by atoms with E-state index in [1.165, 1.54) is 57.0 Å². The van der Waals surface area contributed by atoms with E-state index in [2.05, 4.69) is 82.3 Å². The summed E-state index contributed by atoms with van der Waals surface area (Å²) >= 11 is 0. The second-order valence-electron chi connectivity index (χ2n) is 16.1. The minimum absolute atomic E-state index is 0.0247. The zero-order valence-electron chi connectivity index (χ0n) is 27.7. The number of hydrogen-bond donors (Lipinski definition) is 0. The maximum atomic E-state index is 12.9. The molecule has 3 aliphatic heterocycles. The van der Waals surface area contributed by atoms with Crippen LogP contribution in [0.25, 0.3) is 22.3 Å². The van der Waals surface area contributed by atoms with Crippen LogP contribution < -0.4 is 5.46 Å². The van der Waals surface area contributed by atoms with E-state index in [9.17, 15) is 4.79 Å². The highest BCUT2D eigenvalue weighted by atomic mass is 16.6. The number of ether oxygens (including phenoxy) is 1. The number of benzene rings is 3. The maximum Gasteiger partial charge on any atom is 0.410 e. The van der Waals surface area contributed by atoms with E-state index in [1.807, 2.05) is 25.7 Å². The molecule has 3 aromatic carbocycles. The van der Waals surface area contributed by atoms with E-state index in [0.29, 0.717) is 17.5 Å². The molecule has 0 aromatic heterocycles. The van der Waals surface area contributed by atoms with Crippen LogP contribution in [0.5, 0.6) is 0 Å². The number of aryl methyl sites for hydroxylation is 2. The van der Waals surface area contributed by atoms with E-state index in [0.717, 1.165) is 50.0 Å². The highest BCUT2D eigenvalue weighted by molar-refractivity contribution is 6.74. The molecule has 2 fully saturated rings. The smallest absolute Gasteiger partial charge is 0.410 e. The second-order valence-corrected chi connectivity index (χ2v) is 16.1. The Morgan fingerprint density at radius 2 is 1.48 bits per heavy atom. The molecular weight excluding hydrogens is 539 g/mol. The summed E-state index contributed by atoms with van der Waals surface area (Å²) in [5.41, 5.74) is 13.4. The van der Waals surface area contributed by atoms with Crippen molar-refractivity contribution in [3.05, 3.63) is 71.3 Å². The van der Waals surface area contributed by atoms with E-state index < -0.39 is 5.60 Å². The van der Waals surface area contributed by atoms with Crippen LogP contribution in [-0.2, 0) is 24.0 Å². The molecule has 3 aromatic rings. The highest BCUT2D eigenvalue weighted by Crippen LogP contribution is 2.52. The van der Waals surface area contributed by atoms with Gasteiger partial charge in [-0.05, 0) is 108 Å². The molecule has 3 heterocycles. The summed E-state index contributed by atoms with van der Waals surface area (Å²) in [4.78, 5) is 19.8. The van der Waals surface area contributed by atoms with Gasteiger partial charge in [0, 0.05) is 18.7 Å². The molecule has 0 bridgehead atoms. The second kappa shape index (κ2) is 10.4. The third-order valence-electron chi connectivity index (χ3n) is 11.3. The van der Waals surface area contributed by atoms with Crippen molar-refractivity contribution < 1.29 is 9.53 Å². The fourth-order valence-electron chi connectivity index (χ4n) is 8.19. The van der Waals surface area contributed by atoms with Crippen molar-refractivity contribution in [2.75, 3.05) is 6.54 Å². The van der Waals surface area contributed by atoms with Gasteiger partial charge in [-0.2, -0.15) is 0 Å². The molecule has 0 saturated carbocycles. The Morgan fingerprint density at radius 3 is 2.16 bits per heavy atom. The Kier molecular flexibility index (Phi) is 6.92. The lowest BCUT2D eigenvalue weighted by molar-refractivity contribution is 0.0265. The largest absolute Gasteiger partial charge is 0.444 e. The third-order valence-corrected chi connectivity index (χ3v) is 11.3. The lowest BCUT2D eigenvalue weighted by Crippen LogP contribution is -2.43. The van der Waals surface area contributed by atoms with Crippen LogP contribution >= 0.6 is 0 Å². The summed E-state index contributed by atoms with van der Waals surface area (Å²) in [6, 6.07) is 21.1. The molecule has 0 unspecified atom stereocenters. The van der Waals surface area contributed by atoms with Crippen molar-refractivity contribution in [2.24, 2.45) is 15.8 Å². The molecule has 7 rings (SSSR count). The van der Waals surface area contributed by atoms with Gasteiger partial charge in [0.25, 0.3) is 0 Å². The number of amides is 1. The van der Waals surface area contributed by atoms with Crippen molar-refractivity contribution in [2.45, 2.75) is 105 Å². The average molecular weight is 587 g/mol. The Bertz CT molecular complexity index is 1660. The molecule has 1 aliphatic carbocycles. The predicted octanol–water partition coefficient (Wildman–Crippen LogP) is 8.92. The van der Waals surface area contributed by atoms with Crippen molar-refractivity contribution in [3.8, 4) is 22.3 Å². The van der Waals surface area contributed by atoms with Crippen LogP contribution in [-0.4, -0.2) is 41.6 Å². The zero-order valence-corrected chi connectivity index (χ0v) is 27.7. The van der Waals surface area contributed by atoms with E-state index in [4.69, 9.17) is 9.73 Å². The zero-order chi connectivity index (χ0) is 31.0. The number of likely N-dealkylation sites (tertiary alicyclic amines) is 1. The third kappa shape index (κ3) is 5.20. The first-order valence-corrected chi connectivity index (χ1v) is 16.7. The summed E-state index contributed by atoms with van der Waals surface area (Å²) in [6.45, 7) is 17.0. The monoisotopic (exact) mass is 586 g/mol. The molecule has 228 valence electrons. The molecule has 1 amide bonds. The van der Waals surface area contributed by atoms with E-state index >= 15 is 0 Å². The fraction of sp³-hybridized carbons (Fsp3) is 0.487. The van der Waals surface area contributed by atoms with Gasteiger partial charge in [0.05, 0.1) is 11.7 Å². The molecule has 44 heavy (non-hydrogen) atoms. The fourth-order valence-corrected chi connectivity index (χ4v) is 8.19. The van der Waals surface area contributed by atoms with Crippen LogP contribution in [0.4, 0.5) is 10.5 Å². The number of hydrogen-bond acceptors (Lipinski definition) is 3. The number of aliphatic imine (C=N–C) groups is 1. The van der Waals surface area contributed by atoms with Crippen LogP contribution in [0, 0.1) is 10.8 Å². The van der Waals surface area contributed by atoms with Crippen LogP contribution in [0.15, 0.2) is 59.6 Å². The summed E-state index contributed by atoms with van der Waals surface area (Å²) in [5.74, 6) is 0. The van der Waals surface area contributed by atoms with Crippen LogP contribution in [0.1, 0.15) is 78.0 Å². The van der Waals surface area contributed by atoms with Gasteiger partial charge in [-0.25, -0.2) is 4.79 Å². The summed E-state index contributed by atoms with van der Waals surface area (Å²) in [6.07, 6.45) is 7.24. The Balaban J connectivity index is 1.08. The SMILES string of the molecule is CC(C)(C)OC(=O)N1CCC[C@H]1C1=Nc2ccc(-c3ccc4c(c3)CCc3cc(B5CC(C)(C)C(C)(C)C5)ccc3-4)cc2C1. The lowest BCUT2D eigenvalue weighted by Gasteiger charge is -2.35. The lowest BCUT2D eigenvalue weighted by atomic mass is 9.42. The average Bonchev–Trinajstić information content (AvgIpc) is 3.66. The van der Waals surface area contributed by atoms with Gasteiger partial charge in [-0.3, -0.25) is 9.89 Å². The van der Waals surface area contributed by atoms with Gasteiger partial charge in [0.15, 0.2) is 6.71 Å². The van der Waals surface area contributed by atoms with Crippen molar-refractivity contribution >= 4 is 29.7 Å². The van der Waals surface area contributed by atoms with Gasteiger partial charge < -0.3 is 4.74 Å². The first-order chi connectivity index (χ1) is 20.8.